The lowest BCUT2D eigenvalue weighted by molar-refractivity contribution is -0.131. The van der Waals surface area contributed by atoms with Crippen LogP contribution in [-0.2, 0) is 22.6 Å². The number of fused-ring (bicyclic) bond motifs is 1. The van der Waals surface area contributed by atoms with Gasteiger partial charge in [-0.15, -0.1) is 0 Å². The van der Waals surface area contributed by atoms with Gasteiger partial charge < -0.3 is 9.47 Å². The summed E-state index contributed by atoms with van der Waals surface area (Å²) in [4.78, 5) is 41.9. The van der Waals surface area contributed by atoms with Gasteiger partial charge in [0.05, 0.1) is 4.91 Å². The minimum atomic E-state index is -0.261. The van der Waals surface area contributed by atoms with E-state index in [1.54, 1.807) is 11.0 Å². The van der Waals surface area contributed by atoms with Crippen LogP contribution in [0.5, 0.6) is 0 Å². The lowest BCUT2D eigenvalue weighted by atomic mass is 10.1. The molecule has 1 saturated heterocycles. The van der Waals surface area contributed by atoms with Gasteiger partial charge in [-0.25, -0.2) is 0 Å². The highest BCUT2D eigenvalue weighted by atomic mass is 79.9. The molecule has 35 heavy (non-hydrogen) atoms. The zero-order valence-corrected chi connectivity index (χ0v) is 22.3. The number of aromatic nitrogens is 1. The number of imide groups is 1. The molecular weight excluding hydrogens is 526 g/mol. The van der Waals surface area contributed by atoms with Crippen molar-refractivity contribution in [1.29, 1.82) is 0 Å². The fourth-order valence-corrected chi connectivity index (χ4v) is 5.50. The monoisotopic (exact) mass is 553 g/mol. The van der Waals surface area contributed by atoms with E-state index in [1.165, 1.54) is 10.5 Å². The van der Waals surface area contributed by atoms with Crippen molar-refractivity contribution in [3.63, 3.8) is 0 Å². The van der Waals surface area contributed by atoms with Crippen LogP contribution < -0.4 is 0 Å². The summed E-state index contributed by atoms with van der Waals surface area (Å²) < 4.78 is 2.82. The molecule has 182 valence electrons. The molecule has 0 unspecified atom stereocenters. The number of amides is 3. The number of likely N-dealkylation sites (N-methyl/N-ethyl adjacent to an activating group) is 1. The van der Waals surface area contributed by atoms with Crippen LogP contribution in [0.3, 0.4) is 0 Å². The van der Waals surface area contributed by atoms with E-state index in [-0.39, 0.29) is 23.6 Å². The van der Waals surface area contributed by atoms with Gasteiger partial charge in [0.2, 0.25) is 5.91 Å². The second kappa shape index (κ2) is 11.3. The van der Waals surface area contributed by atoms with Gasteiger partial charge in [0.15, 0.2) is 0 Å². The Morgan fingerprint density at radius 2 is 1.83 bits per heavy atom. The number of halogens is 1. The van der Waals surface area contributed by atoms with Crippen molar-refractivity contribution < 1.29 is 14.4 Å². The molecule has 6 nitrogen and oxygen atoms in total. The van der Waals surface area contributed by atoms with E-state index in [0.29, 0.717) is 24.5 Å². The van der Waals surface area contributed by atoms with E-state index in [0.717, 1.165) is 45.5 Å². The molecule has 1 aliphatic heterocycles. The highest BCUT2D eigenvalue weighted by Crippen LogP contribution is 2.35. The molecule has 1 aliphatic rings. The summed E-state index contributed by atoms with van der Waals surface area (Å²) in [6.45, 7) is 5.85. The van der Waals surface area contributed by atoms with Crippen LogP contribution in [0.2, 0.25) is 0 Å². The van der Waals surface area contributed by atoms with Crippen molar-refractivity contribution in [3.8, 4) is 0 Å². The molecular formula is C27H28BrN3O3S. The fourth-order valence-electron chi connectivity index (χ4n) is 4.28. The molecule has 3 amide bonds. The Hall–Kier alpha value is -2.84. The van der Waals surface area contributed by atoms with Crippen molar-refractivity contribution in [2.45, 2.75) is 33.2 Å². The highest BCUT2D eigenvalue weighted by molar-refractivity contribution is 9.10. The van der Waals surface area contributed by atoms with Crippen molar-refractivity contribution in [3.05, 3.63) is 75.2 Å². The maximum absolute atomic E-state index is 13.1. The largest absolute Gasteiger partial charge is 0.342 e. The maximum atomic E-state index is 13.1. The predicted octanol–water partition coefficient (Wildman–Crippen LogP) is 5.94. The second-order valence-corrected chi connectivity index (χ2v) is 10.3. The Balaban J connectivity index is 1.56. The first-order valence-corrected chi connectivity index (χ1v) is 13.4. The van der Waals surface area contributed by atoms with Gasteiger partial charge in [0.25, 0.3) is 11.1 Å². The third-order valence-corrected chi connectivity index (χ3v) is 7.55. The van der Waals surface area contributed by atoms with E-state index >= 15 is 0 Å². The van der Waals surface area contributed by atoms with Gasteiger partial charge >= 0.3 is 0 Å². The van der Waals surface area contributed by atoms with Crippen molar-refractivity contribution >= 4 is 61.7 Å². The van der Waals surface area contributed by atoms with Crippen LogP contribution in [0.25, 0.3) is 17.0 Å². The average molecular weight is 555 g/mol. The Morgan fingerprint density at radius 3 is 2.54 bits per heavy atom. The summed E-state index contributed by atoms with van der Waals surface area (Å²) in [6, 6.07) is 15.9. The SMILES string of the molecule is CCN(CC)C(=O)Cn1cc(/C=C2\SC(=O)N(CCCc3ccccc3)C2=O)c2cc(Br)ccc21. The third-order valence-electron chi connectivity index (χ3n) is 6.15. The Morgan fingerprint density at radius 1 is 1.09 bits per heavy atom. The molecule has 0 atom stereocenters. The molecule has 2 heterocycles. The first-order valence-electron chi connectivity index (χ1n) is 11.8. The zero-order valence-electron chi connectivity index (χ0n) is 19.9. The average Bonchev–Trinajstić information content (AvgIpc) is 3.31. The molecule has 0 radical (unpaired) electrons. The zero-order chi connectivity index (χ0) is 24.9. The van der Waals surface area contributed by atoms with Gasteiger partial charge in [0, 0.05) is 46.8 Å². The van der Waals surface area contributed by atoms with Gasteiger partial charge in [-0.05, 0) is 68.3 Å². The minimum Gasteiger partial charge on any atom is -0.342 e. The summed E-state index contributed by atoms with van der Waals surface area (Å²) >= 11 is 4.50. The van der Waals surface area contributed by atoms with Crippen molar-refractivity contribution in [2.75, 3.05) is 19.6 Å². The number of hydrogen-bond acceptors (Lipinski definition) is 4. The Bertz CT molecular complexity index is 1280. The highest BCUT2D eigenvalue weighted by Gasteiger charge is 2.34. The minimum absolute atomic E-state index is 0.0418. The molecule has 0 N–H and O–H groups in total. The molecule has 0 spiro atoms. The molecule has 3 aromatic rings. The fraction of sp³-hybridized carbons (Fsp3) is 0.296. The second-order valence-electron chi connectivity index (χ2n) is 8.36. The normalized spacial score (nSPS) is 14.9. The Labute approximate surface area is 218 Å². The van der Waals surface area contributed by atoms with E-state index in [2.05, 4.69) is 15.9 Å². The smallest absolute Gasteiger partial charge is 0.293 e. The number of carbonyl (C=O) groups excluding carboxylic acids is 3. The maximum Gasteiger partial charge on any atom is 0.293 e. The quantitative estimate of drug-likeness (QED) is 0.307. The van der Waals surface area contributed by atoms with Gasteiger partial charge in [-0.2, -0.15) is 0 Å². The van der Waals surface area contributed by atoms with Crippen LogP contribution in [0.4, 0.5) is 4.79 Å². The van der Waals surface area contributed by atoms with E-state index in [9.17, 15) is 14.4 Å². The summed E-state index contributed by atoms with van der Waals surface area (Å²) in [5.74, 6) is -0.219. The topological polar surface area (TPSA) is 62.6 Å². The number of hydrogen-bond donors (Lipinski definition) is 0. The van der Waals surface area contributed by atoms with Crippen LogP contribution in [-0.4, -0.2) is 51.1 Å². The lowest BCUT2D eigenvalue weighted by Gasteiger charge is -2.19. The molecule has 1 fully saturated rings. The van der Waals surface area contributed by atoms with E-state index in [1.807, 2.05) is 73.1 Å². The van der Waals surface area contributed by atoms with Crippen LogP contribution >= 0.6 is 27.7 Å². The van der Waals surface area contributed by atoms with Crippen LogP contribution in [0.15, 0.2) is 64.1 Å². The molecule has 8 heteroatoms. The number of aryl methyl sites for hydroxylation is 1. The summed E-state index contributed by atoms with van der Waals surface area (Å²) in [5, 5.41) is 0.679. The molecule has 1 aromatic heterocycles. The van der Waals surface area contributed by atoms with Gasteiger partial charge in [-0.1, -0.05) is 46.3 Å². The molecule has 2 aromatic carbocycles. The summed E-state index contributed by atoms with van der Waals surface area (Å²) in [7, 11) is 0. The van der Waals surface area contributed by atoms with Crippen LogP contribution in [0.1, 0.15) is 31.4 Å². The van der Waals surface area contributed by atoms with Gasteiger partial charge in [0.1, 0.15) is 6.54 Å². The van der Waals surface area contributed by atoms with E-state index in [4.69, 9.17) is 0 Å². The first-order chi connectivity index (χ1) is 16.9. The Kier molecular flexibility index (Phi) is 8.13. The number of nitrogens with zero attached hydrogens (tertiary/aromatic N) is 3. The molecule has 0 bridgehead atoms. The molecule has 4 rings (SSSR count). The van der Waals surface area contributed by atoms with Crippen LogP contribution in [0, 0.1) is 0 Å². The standard InChI is InChI=1S/C27H28BrN3O3S/c1-3-29(4-2)25(32)18-30-17-20(22-16-21(28)12-13-23(22)30)15-24-26(33)31(27(34)35-24)14-8-11-19-9-6-5-7-10-19/h5-7,9-10,12-13,15-17H,3-4,8,11,14,18H2,1-2H3/b24-15-. The molecule has 0 aliphatic carbocycles. The number of carbonyl (C=O) groups is 3. The lowest BCUT2D eigenvalue weighted by Crippen LogP contribution is -2.33. The number of rotatable bonds is 9. The summed E-state index contributed by atoms with van der Waals surface area (Å²) in [5.41, 5.74) is 2.90. The number of thioether (sulfide) groups is 1. The van der Waals surface area contributed by atoms with E-state index < -0.39 is 0 Å². The first kappa shape index (κ1) is 25.3. The predicted molar refractivity (Wildman–Crippen MR) is 145 cm³/mol. The van der Waals surface area contributed by atoms with Crippen molar-refractivity contribution in [2.24, 2.45) is 0 Å². The summed E-state index contributed by atoms with van der Waals surface area (Å²) in [6.07, 6.45) is 5.19. The third kappa shape index (κ3) is 5.70. The van der Waals surface area contributed by atoms with Crippen molar-refractivity contribution in [1.82, 2.24) is 14.4 Å². The molecule has 0 saturated carbocycles. The number of benzene rings is 2. The van der Waals surface area contributed by atoms with Gasteiger partial charge in [-0.3, -0.25) is 19.3 Å².